The van der Waals surface area contributed by atoms with Crippen molar-refractivity contribution in [2.75, 3.05) is 0 Å². The van der Waals surface area contributed by atoms with E-state index in [0.717, 1.165) is 16.7 Å². The lowest BCUT2D eigenvalue weighted by Gasteiger charge is -2.06. The van der Waals surface area contributed by atoms with E-state index in [1.165, 1.54) is 0 Å². The number of benzene rings is 2. The molecule has 3 N–H and O–H groups in total. The maximum atomic E-state index is 11.1. The van der Waals surface area contributed by atoms with Gasteiger partial charge in [-0.25, -0.2) is 4.79 Å². The van der Waals surface area contributed by atoms with Crippen LogP contribution in [0.4, 0.5) is 0 Å². The Bertz CT molecular complexity index is 547. The molecular weight excluding hydrogens is 226 g/mol. The molecule has 0 spiro atoms. The summed E-state index contributed by atoms with van der Waals surface area (Å²) in [6.45, 7) is 0.520. The summed E-state index contributed by atoms with van der Waals surface area (Å²) in [5.74, 6) is -0.885. The lowest BCUT2D eigenvalue weighted by Crippen LogP contribution is -2.03. The van der Waals surface area contributed by atoms with Crippen LogP contribution in [0.15, 0.2) is 48.5 Å². The Morgan fingerprint density at radius 3 is 2.22 bits per heavy atom. The zero-order chi connectivity index (χ0) is 13.0. The molecule has 0 saturated carbocycles. The molecule has 0 amide bonds. The zero-order valence-corrected chi connectivity index (χ0v) is 9.97. The van der Waals surface area contributed by atoms with Crippen molar-refractivity contribution in [1.29, 1.82) is 0 Å². The van der Waals surface area contributed by atoms with Gasteiger partial charge in [-0.2, -0.15) is 0 Å². The number of hydrogen-bond acceptors (Lipinski definition) is 2. The van der Waals surface area contributed by atoms with Gasteiger partial charge in [0.1, 0.15) is 0 Å². The number of hydrogen-bond donors (Lipinski definition) is 2. The quantitative estimate of drug-likeness (QED) is 0.864. The fraction of sp³-hybridized carbons (Fsp3) is 0.133. The smallest absolute Gasteiger partial charge is 0.335 e. The molecule has 0 aliphatic rings. The average molecular weight is 241 g/mol. The number of nitrogens with two attached hydrogens (primary N) is 1. The molecular formula is C15H15NO2. The third kappa shape index (κ3) is 2.76. The Kier molecular flexibility index (Phi) is 3.75. The van der Waals surface area contributed by atoms with Crippen molar-refractivity contribution in [3.63, 3.8) is 0 Å². The first-order valence-corrected chi connectivity index (χ1v) is 5.80. The van der Waals surface area contributed by atoms with Crippen LogP contribution in [0.5, 0.6) is 0 Å². The first kappa shape index (κ1) is 12.3. The summed E-state index contributed by atoms with van der Waals surface area (Å²) in [5, 5.41) is 9.11. The fourth-order valence-electron chi connectivity index (χ4n) is 1.90. The topological polar surface area (TPSA) is 63.3 Å². The van der Waals surface area contributed by atoms with Crippen molar-refractivity contribution in [1.82, 2.24) is 0 Å². The SMILES string of the molecule is NCc1ccc(Cc2ccccc2C(=O)O)cc1. The summed E-state index contributed by atoms with van der Waals surface area (Å²) < 4.78 is 0. The molecule has 3 nitrogen and oxygen atoms in total. The molecule has 2 rings (SSSR count). The summed E-state index contributed by atoms with van der Waals surface area (Å²) in [5.41, 5.74) is 8.88. The lowest BCUT2D eigenvalue weighted by molar-refractivity contribution is 0.0696. The Morgan fingerprint density at radius 2 is 1.61 bits per heavy atom. The van der Waals surface area contributed by atoms with Gasteiger partial charge in [0.25, 0.3) is 0 Å². The maximum Gasteiger partial charge on any atom is 0.335 e. The molecule has 18 heavy (non-hydrogen) atoms. The second-order valence-corrected chi connectivity index (χ2v) is 4.16. The third-order valence-electron chi connectivity index (χ3n) is 2.90. The minimum absolute atomic E-state index is 0.361. The van der Waals surface area contributed by atoms with Gasteiger partial charge in [0, 0.05) is 6.54 Å². The minimum Gasteiger partial charge on any atom is -0.478 e. The Balaban J connectivity index is 2.25. The second kappa shape index (κ2) is 5.47. The van der Waals surface area contributed by atoms with Crippen LogP contribution < -0.4 is 5.73 Å². The van der Waals surface area contributed by atoms with Crippen LogP contribution in [0.1, 0.15) is 27.0 Å². The van der Waals surface area contributed by atoms with Gasteiger partial charge in [0.05, 0.1) is 5.56 Å². The van der Waals surface area contributed by atoms with Crippen molar-refractivity contribution in [2.24, 2.45) is 5.73 Å². The number of carbonyl (C=O) groups is 1. The Hall–Kier alpha value is -2.13. The van der Waals surface area contributed by atoms with Crippen molar-refractivity contribution >= 4 is 5.97 Å². The third-order valence-corrected chi connectivity index (χ3v) is 2.90. The Morgan fingerprint density at radius 1 is 1.00 bits per heavy atom. The van der Waals surface area contributed by atoms with Crippen LogP contribution >= 0.6 is 0 Å². The monoisotopic (exact) mass is 241 g/mol. The van der Waals surface area contributed by atoms with E-state index in [0.29, 0.717) is 18.5 Å². The van der Waals surface area contributed by atoms with Crippen LogP contribution in [-0.4, -0.2) is 11.1 Å². The normalized spacial score (nSPS) is 10.3. The highest BCUT2D eigenvalue weighted by Crippen LogP contribution is 2.15. The molecule has 92 valence electrons. The van der Waals surface area contributed by atoms with Crippen molar-refractivity contribution in [3.05, 3.63) is 70.8 Å². The zero-order valence-electron chi connectivity index (χ0n) is 9.97. The Labute approximate surface area is 106 Å². The van der Waals surface area contributed by atoms with Crippen molar-refractivity contribution in [3.8, 4) is 0 Å². The standard InChI is InChI=1S/C15H15NO2/c16-10-12-7-5-11(6-8-12)9-13-3-1-2-4-14(13)15(17)18/h1-8H,9-10,16H2,(H,17,18). The number of carboxylic acid groups (broad SMARTS) is 1. The van der Waals surface area contributed by atoms with Gasteiger partial charge in [-0.3, -0.25) is 0 Å². The summed E-state index contributed by atoms with van der Waals surface area (Å²) >= 11 is 0. The molecule has 2 aromatic rings. The molecule has 0 fully saturated rings. The summed E-state index contributed by atoms with van der Waals surface area (Å²) in [6, 6.07) is 15.0. The van der Waals surface area contributed by atoms with E-state index in [4.69, 9.17) is 10.8 Å². The van der Waals surface area contributed by atoms with Crippen molar-refractivity contribution < 1.29 is 9.90 Å². The van der Waals surface area contributed by atoms with Gasteiger partial charge in [0.2, 0.25) is 0 Å². The summed E-state index contributed by atoms with van der Waals surface area (Å²) in [7, 11) is 0. The molecule has 0 heterocycles. The molecule has 0 saturated heterocycles. The largest absolute Gasteiger partial charge is 0.478 e. The molecule has 2 aromatic carbocycles. The first-order valence-electron chi connectivity index (χ1n) is 5.80. The van der Waals surface area contributed by atoms with E-state index >= 15 is 0 Å². The fourth-order valence-corrected chi connectivity index (χ4v) is 1.90. The maximum absolute atomic E-state index is 11.1. The number of aromatic carboxylic acids is 1. The molecule has 0 aliphatic carbocycles. The van der Waals surface area contributed by atoms with E-state index < -0.39 is 5.97 Å². The first-order chi connectivity index (χ1) is 8.70. The van der Waals surface area contributed by atoms with Gasteiger partial charge in [0.15, 0.2) is 0 Å². The predicted octanol–water partition coefficient (Wildman–Crippen LogP) is 2.43. The highest BCUT2D eigenvalue weighted by molar-refractivity contribution is 5.89. The lowest BCUT2D eigenvalue weighted by atomic mass is 9.99. The number of rotatable bonds is 4. The summed E-state index contributed by atoms with van der Waals surface area (Å²) in [4.78, 5) is 11.1. The van der Waals surface area contributed by atoms with Crippen LogP contribution in [0.25, 0.3) is 0 Å². The average Bonchev–Trinajstić information content (AvgIpc) is 2.40. The van der Waals surface area contributed by atoms with E-state index in [1.807, 2.05) is 36.4 Å². The highest BCUT2D eigenvalue weighted by atomic mass is 16.4. The highest BCUT2D eigenvalue weighted by Gasteiger charge is 2.09. The molecule has 0 unspecified atom stereocenters. The number of carboxylic acids is 1. The molecule has 3 heteroatoms. The van der Waals surface area contributed by atoms with E-state index in [9.17, 15) is 4.79 Å². The van der Waals surface area contributed by atoms with Crippen LogP contribution in [-0.2, 0) is 13.0 Å². The van der Waals surface area contributed by atoms with Crippen LogP contribution in [0.2, 0.25) is 0 Å². The predicted molar refractivity (Wildman–Crippen MR) is 70.5 cm³/mol. The van der Waals surface area contributed by atoms with E-state index in [2.05, 4.69) is 0 Å². The van der Waals surface area contributed by atoms with Gasteiger partial charge >= 0.3 is 5.97 Å². The van der Waals surface area contributed by atoms with Crippen molar-refractivity contribution in [2.45, 2.75) is 13.0 Å². The van der Waals surface area contributed by atoms with Crippen LogP contribution in [0, 0.1) is 0 Å². The minimum atomic E-state index is -0.885. The molecule has 0 aliphatic heterocycles. The second-order valence-electron chi connectivity index (χ2n) is 4.16. The van der Waals surface area contributed by atoms with Gasteiger partial charge in [-0.05, 0) is 29.2 Å². The molecule has 0 aromatic heterocycles. The van der Waals surface area contributed by atoms with Gasteiger partial charge in [-0.15, -0.1) is 0 Å². The van der Waals surface area contributed by atoms with Gasteiger partial charge in [-0.1, -0.05) is 42.5 Å². The molecule has 0 radical (unpaired) electrons. The molecule has 0 bridgehead atoms. The summed E-state index contributed by atoms with van der Waals surface area (Å²) in [6.07, 6.45) is 0.618. The molecule has 0 atom stereocenters. The van der Waals surface area contributed by atoms with Gasteiger partial charge < -0.3 is 10.8 Å². The van der Waals surface area contributed by atoms with E-state index in [-0.39, 0.29) is 0 Å². The van der Waals surface area contributed by atoms with E-state index in [1.54, 1.807) is 12.1 Å². The van der Waals surface area contributed by atoms with Crippen LogP contribution in [0.3, 0.4) is 0 Å².